The van der Waals surface area contributed by atoms with Crippen molar-refractivity contribution >= 4 is 0 Å². The Morgan fingerprint density at radius 3 is 3.25 bits per heavy atom. The Hall–Kier alpha value is -1.81. The molecular formula is C16H19N3O. The summed E-state index contributed by atoms with van der Waals surface area (Å²) in [7, 11) is 0. The van der Waals surface area contributed by atoms with Gasteiger partial charge in [0.2, 0.25) is 0 Å². The normalized spacial score (nSPS) is 20.9. The number of nitrogens with one attached hydrogen (secondary N) is 2. The van der Waals surface area contributed by atoms with Gasteiger partial charge in [0.25, 0.3) is 0 Å². The summed E-state index contributed by atoms with van der Waals surface area (Å²) >= 11 is 0. The second kappa shape index (κ2) is 4.94. The summed E-state index contributed by atoms with van der Waals surface area (Å²) in [4.78, 5) is 7.98. The fraction of sp³-hybridized carbons (Fsp3) is 0.438. The van der Waals surface area contributed by atoms with E-state index in [1.165, 1.54) is 24.0 Å². The summed E-state index contributed by atoms with van der Waals surface area (Å²) in [6.45, 7) is 1.95. The molecule has 0 amide bonds. The van der Waals surface area contributed by atoms with Crippen LogP contribution in [-0.4, -0.2) is 29.2 Å². The minimum atomic E-state index is 0.586. The van der Waals surface area contributed by atoms with Crippen molar-refractivity contribution in [2.45, 2.75) is 31.7 Å². The monoisotopic (exact) mass is 269 g/mol. The minimum absolute atomic E-state index is 0.586. The van der Waals surface area contributed by atoms with Gasteiger partial charge in [-0.1, -0.05) is 0 Å². The molecule has 1 fully saturated rings. The van der Waals surface area contributed by atoms with Gasteiger partial charge in [-0.2, -0.15) is 0 Å². The number of ether oxygens (including phenoxy) is 1. The van der Waals surface area contributed by atoms with Gasteiger partial charge in [-0.3, -0.25) is 0 Å². The predicted octanol–water partition coefficient (Wildman–Crippen LogP) is 2.31. The highest BCUT2D eigenvalue weighted by Crippen LogP contribution is 2.29. The lowest BCUT2D eigenvalue weighted by Gasteiger charge is -2.07. The Balaban J connectivity index is 1.55. The third kappa shape index (κ3) is 2.20. The van der Waals surface area contributed by atoms with Crippen LogP contribution < -0.4 is 10.1 Å². The van der Waals surface area contributed by atoms with E-state index in [1.807, 2.05) is 6.20 Å². The summed E-state index contributed by atoms with van der Waals surface area (Å²) in [6.07, 6.45) is 6.49. The molecular weight excluding hydrogens is 250 g/mol. The number of H-pyrrole nitrogens is 1. The Labute approximate surface area is 118 Å². The summed E-state index contributed by atoms with van der Waals surface area (Å²) in [6, 6.07) is 6.97. The first-order chi connectivity index (χ1) is 9.88. The Morgan fingerprint density at radius 2 is 2.35 bits per heavy atom. The zero-order valence-corrected chi connectivity index (χ0v) is 11.5. The number of imidazole rings is 1. The van der Waals surface area contributed by atoms with Crippen molar-refractivity contribution in [3.8, 4) is 17.0 Å². The lowest BCUT2D eigenvalue weighted by Crippen LogP contribution is -2.24. The molecule has 20 heavy (non-hydrogen) atoms. The second-order valence-corrected chi connectivity index (χ2v) is 5.66. The highest BCUT2D eigenvalue weighted by atomic mass is 16.5. The number of aromatic nitrogens is 2. The SMILES string of the molecule is c1cc2c(cc1-c1cnc(CC3CCCN3)[nH]1)CCO2. The number of fused-ring (bicyclic) bond motifs is 1. The molecule has 1 aromatic heterocycles. The molecule has 0 spiro atoms. The molecule has 4 nitrogen and oxygen atoms in total. The van der Waals surface area contributed by atoms with Crippen molar-refractivity contribution < 1.29 is 4.74 Å². The molecule has 1 aromatic carbocycles. The van der Waals surface area contributed by atoms with E-state index in [-0.39, 0.29) is 0 Å². The maximum atomic E-state index is 5.55. The third-order valence-corrected chi connectivity index (χ3v) is 4.23. The minimum Gasteiger partial charge on any atom is -0.493 e. The first kappa shape index (κ1) is 12.0. The van der Waals surface area contributed by atoms with Gasteiger partial charge in [-0.05, 0) is 43.1 Å². The quantitative estimate of drug-likeness (QED) is 0.899. The largest absolute Gasteiger partial charge is 0.493 e. The van der Waals surface area contributed by atoms with Gasteiger partial charge in [0.1, 0.15) is 11.6 Å². The molecule has 2 aromatic rings. The predicted molar refractivity (Wildman–Crippen MR) is 78.0 cm³/mol. The number of aromatic amines is 1. The van der Waals surface area contributed by atoms with Crippen molar-refractivity contribution in [3.05, 3.63) is 35.8 Å². The van der Waals surface area contributed by atoms with Gasteiger partial charge in [-0.15, -0.1) is 0 Å². The van der Waals surface area contributed by atoms with Crippen LogP contribution in [0.5, 0.6) is 5.75 Å². The first-order valence-corrected chi connectivity index (χ1v) is 7.42. The molecule has 0 radical (unpaired) electrons. The van der Waals surface area contributed by atoms with E-state index in [2.05, 4.69) is 33.5 Å². The van der Waals surface area contributed by atoms with Crippen molar-refractivity contribution in [1.82, 2.24) is 15.3 Å². The summed E-state index contributed by atoms with van der Waals surface area (Å²) in [5, 5.41) is 3.51. The molecule has 1 atom stereocenters. The van der Waals surface area contributed by atoms with Crippen LogP contribution in [-0.2, 0) is 12.8 Å². The Morgan fingerprint density at radius 1 is 1.35 bits per heavy atom. The van der Waals surface area contributed by atoms with Crippen molar-refractivity contribution in [2.24, 2.45) is 0 Å². The maximum absolute atomic E-state index is 5.55. The number of rotatable bonds is 3. The lowest BCUT2D eigenvalue weighted by atomic mass is 10.1. The van der Waals surface area contributed by atoms with Crippen molar-refractivity contribution in [1.29, 1.82) is 0 Å². The van der Waals surface area contributed by atoms with Crippen LogP contribution in [0.3, 0.4) is 0 Å². The molecule has 4 rings (SSSR count). The highest BCUT2D eigenvalue weighted by molar-refractivity contribution is 5.62. The number of hydrogen-bond acceptors (Lipinski definition) is 3. The van der Waals surface area contributed by atoms with Gasteiger partial charge in [0.05, 0.1) is 18.5 Å². The van der Waals surface area contributed by atoms with Gasteiger partial charge in [-0.25, -0.2) is 4.98 Å². The molecule has 3 heterocycles. The lowest BCUT2D eigenvalue weighted by molar-refractivity contribution is 0.357. The molecule has 1 unspecified atom stereocenters. The molecule has 0 saturated carbocycles. The van der Waals surface area contributed by atoms with Gasteiger partial charge in [0, 0.05) is 24.4 Å². The van der Waals surface area contributed by atoms with Crippen LogP contribution >= 0.6 is 0 Å². The van der Waals surface area contributed by atoms with Crippen LogP contribution in [0.15, 0.2) is 24.4 Å². The molecule has 4 heteroatoms. The van der Waals surface area contributed by atoms with Gasteiger partial charge >= 0.3 is 0 Å². The molecule has 0 bridgehead atoms. The third-order valence-electron chi connectivity index (χ3n) is 4.23. The maximum Gasteiger partial charge on any atom is 0.122 e. The van der Waals surface area contributed by atoms with E-state index in [9.17, 15) is 0 Å². The number of benzene rings is 1. The van der Waals surface area contributed by atoms with Crippen molar-refractivity contribution in [3.63, 3.8) is 0 Å². The van der Waals surface area contributed by atoms with Gasteiger partial charge < -0.3 is 15.0 Å². The zero-order valence-electron chi connectivity index (χ0n) is 11.5. The zero-order chi connectivity index (χ0) is 13.4. The first-order valence-electron chi connectivity index (χ1n) is 7.42. The van der Waals surface area contributed by atoms with E-state index >= 15 is 0 Å². The molecule has 2 N–H and O–H groups in total. The van der Waals surface area contributed by atoms with E-state index in [0.717, 1.165) is 43.3 Å². The highest BCUT2D eigenvalue weighted by Gasteiger charge is 2.17. The number of nitrogens with zero attached hydrogens (tertiary/aromatic N) is 1. The van der Waals surface area contributed by atoms with Crippen LogP contribution in [0.25, 0.3) is 11.3 Å². The Bertz CT molecular complexity index is 614. The van der Waals surface area contributed by atoms with E-state index in [0.29, 0.717) is 6.04 Å². The van der Waals surface area contributed by atoms with Gasteiger partial charge in [0.15, 0.2) is 0 Å². The summed E-state index contributed by atoms with van der Waals surface area (Å²) in [5.74, 6) is 2.11. The average molecular weight is 269 g/mol. The summed E-state index contributed by atoms with van der Waals surface area (Å²) < 4.78 is 5.55. The van der Waals surface area contributed by atoms with Crippen LogP contribution in [0.1, 0.15) is 24.2 Å². The molecule has 104 valence electrons. The molecule has 2 aliphatic heterocycles. The Kier molecular flexibility index (Phi) is 2.96. The van der Waals surface area contributed by atoms with Crippen LogP contribution in [0, 0.1) is 0 Å². The van der Waals surface area contributed by atoms with Crippen LogP contribution in [0.2, 0.25) is 0 Å². The fourth-order valence-corrected chi connectivity index (χ4v) is 3.13. The van der Waals surface area contributed by atoms with Crippen LogP contribution in [0.4, 0.5) is 0 Å². The molecule has 2 aliphatic rings. The standard InChI is InChI=1S/C16H19N3O/c1-2-13(17-6-1)9-16-18-10-14(19-16)11-3-4-15-12(8-11)5-7-20-15/h3-4,8,10,13,17H,1-2,5-7,9H2,(H,18,19). The smallest absolute Gasteiger partial charge is 0.122 e. The molecule has 0 aliphatic carbocycles. The van der Waals surface area contributed by atoms with E-state index in [1.54, 1.807) is 0 Å². The average Bonchev–Trinajstić information content (AvgIpc) is 3.19. The summed E-state index contributed by atoms with van der Waals surface area (Å²) in [5.41, 5.74) is 3.61. The second-order valence-electron chi connectivity index (χ2n) is 5.66. The topological polar surface area (TPSA) is 49.9 Å². The fourth-order valence-electron chi connectivity index (χ4n) is 3.13. The van der Waals surface area contributed by atoms with E-state index < -0.39 is 0 Å². The molecule has 1 saturated heterocycles. The van der Waals surface area contributed by atoms with Crippen molar-refractivity contribution in [2.75, 3.05) is 13.2 Å². The van der Waals surface area contributed by atoms with E-state index in [4.69, 9.17) is 4.74 Å². The number of hydrogen-bond donors (Lipinski definition) is 2.